The summed E-state index contributed by atoms with van der Waals surface area (Å²) in [7, 11) is 3.19. The van der Waals surface area contributed by atoms with Crippen LogP contribution < -0.4 is 20.1 Å². The minimum Gasteiger partial charge on any atom is -0.497 e. The highest BCUT2D eigenvalue weighted by atomic mass is 32.1. The minimum absolute atomic E-state index is 0.0210. The van der Waals surface area contributed by atoms with Gasteiger partial charge in [0.2, 0.25) is 5.91 Å². The second kappa shape index (κ2) is 14.3. The van der Waals surface area contributed by atoms with Gasteiger partial charge in [-0.2, -0.15) is 0 Å². The molecule has 2 amide bonds. The number of hydrogen-bond acceptors (Lipinski definition) is 7. The summed E-state index contributed by atoms with van der Waals surface area (Å²) >= 11 is 1.45. The fourth-order valence-corrected chi connectivity index (χ4v) is 5.86. The SMILES string of the molecule is COc1ccc(/C=C/C(=O)Nc2sc3c(c2C(=O)NCCOC(=O)/C=C/c2ccc(OC)cc2)CCC(C)C3)cc1. The molecule has 0 saturated carbocycles. The second-order valence-corrected chi connectivity index (χ2v) is 10.8. The third-order valence-corrected chi connectivity index (χ3v) is 7.85. The van der Waals surface area contributed by atoms with E-state index in [4.69, 9.17) is 14.2 Å². The number of thiophene rings is 1. The molecule has 0 fully saturated rings. The summed E-state index contributed by atoms with van der Waals surface area (Å²) in [5.41, 5.74) is 3.17. The van der Waals surface area contributed by atoms with Gasteiger partial charge in [0.25, 0.3) is 5.91 Å². The van der Waals surface area contributed by atoms with Gasteiger partial charge < -0.3 is 24.8 Å². The summed E-state index contributed by atoms with van der Waals surface area (Å²) in [6.45, 7) is 2.36. The predicted octanol–water partition coefficient (Wildman–Crippen LogP) is 5.53. The normalized spacial score (nSPS) is 14.5. The van der Waals surface area contributed by atoms with Crippen molar-refractivity contribution in [3.63, 3.8) is 0 Å². The molecule has 8 nitrogen and oxygen atoms in total. The van der Waals surface area contributed by atoms with Gasteiger partial charge in [-0.25, -0.2) is 4.79 Å². The number of methoxy groups -OCH3 is 2. The highest BCUT2D eigenvalue weighted by Gasteiger charge is 2.28. The highest BCUT2D eigenvalue weighted by molar-refractivity contribution is 7.17. The third kappa shape index (κ3) is 8.31. The number of esters is 1. The Morgan fingerprint density at radius 3 is 2.15 bits per heavy atom. The van der Waals surface area contributed by atoms with Crippen LogP contribution in [0.4, 0.5) is 5.00 Å². The number of nitrogens with one attached hydrogen (secondary N) is 2. The van der Waals surface area contributed by atoms with Crippen molar-refractivity contribution < 1.29 is 28.6 Å². The van der Waals surface area contributed by atoms with Crippen LogP contribution in [0, 0.1) is 5.92 Å². The maximum atomic E-state index is 13.3. The molecule has 1 aliphatic rings. The molecule has 1 unspecified atom stereocenters. The van der Waals surface area contributed by atoms with Crippen molar-refractivity contribution in [2.75, 3.05) is 32.7 Å². The van der Waals surface area contributed by atoms with E-state index in [-0.39, 0.29) is 25.0 Å². The molecule has 41 heavy (non-hydrogen) atoms. The molecule has 0 bridgehead atoms. The molecule has 0 aliphatic heterocycles. The number of hydrogen-bond donors (Lipinski definition) is 2. The Bertz CT molecular complexity index is 1420. The molecule has 2 aromatic carbocycles. The molecule has 3 aromatic rings. The van der Waals surface area contributed by atoms with E-state index in [1.165, 1.54) is 23.5 Å². The summed E-state index contributed by atoms with van der Waals surface area (Å²) in [4.78, 5) is 39.3. The number of benzene rings is 2. The first-order valence-electron chi connectivity index (χ1n) is 13.4. The number of anilines is 1. The fourth-order valence-electron chi connectivity index (χ4n) is 4.45. The molecule has 1 aliphatic carbocycles. The number of fused-ring (bicyclic) bond motifs is 1. The highest BCUT2D eigenvalue weighted by Crippen LogP contribution is 2.39. The Morgan fingerprint density at radius 1 is 0.927 bits per heavy atom. The van der Waals surface area contributed by atoms with Crippen molar-refractivity contribution in [1.29, 1.82) is 0 Å². The summed E-state index contributed by atoms with van der Waals surface area (Å²) in [5, 5.41) is 6.28. The van der Waals surface area contributed by atoms with Crippen LogP contribution in [0.25, 0.3) is 12.2 Å². The van der Waals surface area contributed by atoms with Crippen LogP contribution in [0.3, 0.4) is 0 Å². The molecule has 1 heterocycles. The second-order valence-electron chi connectivity index (χ2n) is 9.68. The van der Waals surface area contributed by atoms with Crippen LogP contribution in [0.2, 0.25) is 0 Å². The van der Waals surface area contributed by atoms with Crippen LogP contribution in [0.1, 0.15) is 45.3 Å². The Labute approximate surface area is 244 Å². The summed E-state index contributed by atoms with van der Waals surface area (Å²) in [5.74, 6) is 0.861. The van der Waals surface area contributed by atoms with Gasteiger partial charge in [-0.1, -0.05) is 31.2 Å². The van der Waals surface area contributed by atoms with Crippen molar-refractivity contribution in [3.8, 4) is 11.5 Å². The third-order valence-electron chi connectivity index (χ3n) is 6.68. The molecule has 1 atom stereocenters. The molecule has 0 saturated heterocycles. The lowest BCUT2D eigenvalue weighted by Crippen LogP contribution is -2.29. The van der Waals surface area contributed by atoms with Gasteiger partial charge in [-0.05, 0) is 78.3 Å². The van der Waals surface area contributed by atoms with Crippen molar-refractivity contribution in [1.82, 2.24) is 5.32 Å². The summed E-state index contributed by atoms with van der Waals surface area (Å²) in [6.07, 6.45) is 8.77. The zero-order valence-corrected chi connectivity index (χ0v) is 24.2. The Morgan fingerprint density at radius 2 is 1.54 bits per heavy atom. The van der Waals surface area contributed by atoms with Gasteiger partial charge in [0.15, 0.2) is 0 Å². The number of rotatable bonds is 11. The van der Waals surface area contributed by atoms with E-state index in [0.29, 0.717) is 16.5 Å². The lowest BCUT2D eigenvalue weighted by molar-refractivity contribution is -0.137. The van der Waals surface area contributed by atoms with E-state index in [0.717, 1.165) is 52.3 Å². The first-order chi connectivity index (χ1) is 19.9. The van der Waals surface area contributed by atoms with E-state index in [1.54, 1.807) is 38.5 Å². The number of amides is 2. The van der Waals surface area contributed by atoms with Gasteiger partial charge in [0.05, 0.1) is 26.3 Å². The standard InChI is InChI=1S/C32H34N2O6S/c1-21-4-15-26-27(20-21)41-32(34-28(35)16-9-22-5-11-24(38-2)12-6-22)30(26)31(37)33-18-19-40-29(36)17-10-23-7-13-25(39-3)14-8-23/h5-14,16-17,21H,4,15,18-20H2,1-3H3,(H,33,37)(H,34,35)/b16-9+,17-10+. The number of ether oxygens (including phenoxy) is 3. The van der Waals surface area contributed by atoms with E-state index < -0.39 is 5.97 Å². The average molecular weight is 575 g/mol. The van der Waals surface area contributed by atoms with E-state index in [1.807, 2.05) is 36.4 Å². The van der Waals surface area contributed by atoms with Gasteiger partial charge in [0.1, 0.15) is 23.1 Å². The summed E-state index contributed by atoms with van der Waals surface area (Å²) < 4.78 is 15.5. The van der Waals surface area contributed by atoms with Crippen molar-refractivity contribution in [2.24, 2.45) is 5.92 Å². The molecular weight excluding hydrogens is 540 g/mol. The average Bonchev–Trinajstić information content (AvgIpc) is 3.34. The van der Waals surface area contributed by atoms with Crippen LogP contribution in [0.5, 0.6) is 11.5 Å². The van der Waals surface area contributed by atoms with Crippen molar-refractivity contribution in [2.45, 2.75) is 26.2 Å². The molecule has 9 heteroatoms. The van der Waals surface area contributed by atoms with Crippen LogP contribution in [-0.4, -0.2) is 45.2 Å². The van der Waals surface area contributed by atoms with Gasteiger partial charge in [-0.15, -0.1) is 11.3 Å². The molecule has 4 rings (SSSR count). The lowest BCUT2D eigenvalue weighted by Gasteiger charge is -2.18. The Kier molecular flexibility index (Phi) is 10.3. The first-order valence-corrected chi connectivity index (χ1v) is 14.2. The summed E-state index contributed by atoms with van der Waals surface area (Å²) in [6, 6.07) is 14.6. The van der Waals surface area contributed by atoms with E-state index in [2.05, 4.69) is 17.6 Å². The quantitative estimate of drug-likeness (QED) is 0.177. The molecule has 214 valence electrons. The van der Waals surface area contributed by atoms with Crippen molar-refractivity contribution in [3.05, 3.63) is 87.8 Å². The largest absolute Gasteiger partial charge is 0.497 e. The lowest BCUT2D eigenvalue weighted by atomic mass is 9.88. The van der Waals surface area contributed by atoms with Gasteiger partial charge >= 0.3 is 5.97 Å². The molecule has 1 aromatic heterocycles. The Balaban J connectivity index is 1.35. The number of carbonyl (C=O) groups excluding carboxylic acids is 3. The molecule has 0 radical (unpaired) electrons. The van der Waals surface area contributed by atoms with Crippen LogP contribution >= 0.6 is 11.3 Å². The molecule has 2 N–H and O–H groups in total. The van der Waals surface area contributed by atoms with Crippen molar-refractivity contribution >= 4 is 46.3 Å². The maximum Gasteiger partial charge on any atom is 0.330 e. The van der Waals surface area contributed by atoms with E-state index >= 15 is 0 Å². The topological polar surface area (TPSA) is 103 Å². The Hall–Kier alpha value is -4.37. The smallest absolute Gasteiger partial charge is 0.330 e. The minimum atomic E-state index is -0.506. The molecule has 0 spiro atoms. The van der Waals surface area contributed by atoms with Crippen LogP contribution in [-0.2, 0) is 27.2 Å². The fraction of sp³-hybridized carbons (Fsp3) is 0.281. The maximum absolute atomic E-state index is 13.3. The van der Waals surface area contributed by atoms with Crippen LogP contribution in [0.15, 0.2) is 60.7 Å². The zero-order chi connectivity index (χ0) is 29.2. The monoisotopic (exact) mass is 574 g/mol. The molecular formula is C32H34N2O6S. The van der Waals surface area contributed by atoms with Gasteiger partial charge in [-0.3, -0.25) is 9.59 Å². The number of carbonyl (C=O) groups is 3. The first kappa shape index (κ1) is 29.6. The zero-order valence-electron chi connectivity index (χ0n) is 23.4. The predicted molar refractivity (Wildman–Crippen MR) is 161 cm³/mol. The van der Waals surface area contributed by atoms with Gasteiger partial charge in [0, 0.05) is 17.0 Å². The van der Waals surface area contributed by atoms with E-state index in [9.17, 15) is 14.4 Å².